The van der Waals surface area contributed by atoms with Crippen LogP contribution in [0.1, 0.15) is 66.6 Å². The van der Waals surface area contributed by atoms with Gasteiger partial charge < -0.3 is 53.5 Å². The van der Waals surface area contributed by atoms with Crippen LogP contribution >= 0.6 is 54.0 Å². The molecule has 4 bridgehead atoms. The smallest absolute Gasteiger partial charge is 0.318 e. The third-order valence-corrected chi connectivity index (χ3v) is 19.3. The Labute approximate surface area is 579 Å². The van der Waals surface area contributed by atoms with Crippen LogP contribution in [0.4, 0.5) is 23.0 Å². The van der Waals surface area contributed by atoms with Gasteiger partial charge in [-0.15, -0.1) is 0 Å². The zero-order chi connectivity index (χ0) is 61.8. The molecule has 1 N–H and O–H groups in total. The summed E-state index contributed by atoms with van der Waals surface area (Å²) in [7, 11) is 0. The van der Waals surface area contributed by atoms with E-state index in [0.717, 1.165) is 135 Å². The van der Waals surface area contributed by atoms with Crippen LogP contribution in [-0.2, 0) is 45.0 Å². The van der Waals surface area contributed by atoms with E-state index in [-0.39, 0.29) is 96.5 Å². The Hall–Kier alpha value is -7.20. The van der Waals surface area contributed by atoms with Crippen LogP contribution in [-0.4, -0.2) is 198 Å². The van der Waals surface area contributed by atoms with Crippen LogP contribution in [0.5, 0.6) is 17.8 Å². The van der Waals surface area contributed by atoms with Gasteiger partial charge in [0.05, 0.1) is 100 Å². The number of likely N-dealkylation sites (tertiary alicyclic amines) is 2. The van der Waals surface area contributed by atoms with Crippen molar-refractivity contribution in [3.8, 4) is 29.9 Å². The summed E-state index contributed by atoms with van der Waals surface area (Å²) in [6, 6.07) is 30.6. The summed E-state index contributed by atoms with van der Waals surface area (Å²) < 4.78 is 24.0. The molecule has 8 aliphatic heterocycles. The van der Waals surface area contributed by atoms with Crippen molar-refractivity contribution in [1.29, 1.82) is 10.5 Å². The number of phenolic OH excluding ortho intramolecular Hbond substituents is 1. The zero-order valence-corrected chi connectivity index (χ0v) is 57.5. The molecule has 21 nitrogen and oxygen atoms in total. The number of rotatable bonds is 18. The molecule has 14 rings (SSSR count). The molecule has 0 radical (unpaired) electrons. The number of amides is 2. The van der Waals surface area contributed by atoms with Gasteiger partial charge >= 0.3 is 12.0 Å². The van der Waals surface area contributed by atoms with Crippen LogP contribution in [0.25, 0.3) is 21.5 Å². The molecule has 500 valence electrons. The third-order valence-electron chi connectivity index (χ3n) is 19.3. The number of piperazine rings is 2. The van der Waals surface area contributed by atoms with E-state index in [1.165, 1.54) is 34.2 Å². The Balaban J connectivity index is 0.000000212. The van der Waals surface area contributed by atoms with Gasteiger partial charge in [0.1, 0.15) is 17.4 Å². The maximum atomic E-state index is 12.6. The van der Waals surface area contributed by atoms with Crippen LogP contribution in [0.2, 0.25) is 0 Å². The first-order chi connectivity index (χ1) is 44.0. The maximum absolute atomic E-state index is 12.6. The third kappa shape index (κ3) is 15.4. The highest BCUT2D eigenvalue weighted by molar-refractivity contribution is 7.59. The molecule has 94 heavy (non-hydrogen) atoms. The number of carbonyl (C=O) groups excluding carboxylic acids is 2. The molecule has 8 aliphatic rings. The van der Waals surface area contributed by atoms with E-state index in [4.69, 9.17) is 38.9 Å². The lowest BCUT2D eigenvalue weighted by atomic mass is 10.00. The molecule has 2 aromatic heterocycles. The van der Waals surface area contributed by atoms with E-state index in [1.807, 2.05) is 24.3 Å². The average molecular weight is 1350 g/mol. The van der Waals surface area contributed by atoms with Gasteiger partial charge in [-0.25, -0.2) is 0 Å². The fourth-order valence-corrected chi connectivity index (χ4v) is 14.9. The largest absolute Gasteiger partial charge is 0.508 e. The topological polar surface area (TPSA) is 216 Å². The van der Waals surface area contributed by atoms with E-state index in [9.17, 15) is 25.2 Å². The van der Waals surface area contributed by atoms with Crippen LogP contribution in [0.3, 0.4) is 0 Å². The number of anilines is 4. The highest BCUT2D eigenvalue weighted by Gasteiger charge is 2.41. The number of aromatic hydroxyl groups is 1. The molecule has 6 atom stereocenters. The van der Waals surface area contributed by atoms with Crippen molar-refractivity contribution in [3.05, 3.63) is 126 Å². The van der Waals surface area contributed by atoms with Gasteiger partial charge in [0.2, 0.25) is 11.8 Å². The lowest BCUT2D eigenvalue weighted by Crippen LogP contribution is -2.55. The molecule has 6 fully saturated rings. The molecule has 6 aromatic rings. The van der Waals surface area contributed by atoms with Crippen molar-refractivity contribution < 1.29 is 33.6 Å². The quantitative estimate of drug-likeness (QED) is 0.0648. The zero-order valence-electron chi connectivity index (χ0n) is 53.5. The molecule has 2 amide bonds. The molecule has 0 aliphatic carbocycles. The summed E-state index contributed by atoms with van der Waals surface area (Å²) in [5, 5.41) is 34.2. The molecule has 0 saturated carbocycles. The minimum Gasteiger partial charge on any atom is -0.508 e. The van der Waals surface area contributed by atoms with Gasteiger partial charge in [0.15, 0.2) is 0 Å². The minimum absolute atomic E-state index is 0. The Morgan fingerprint density at radius 3 is 1.50 bits per heavy atom. The molecule has 25 heteroatoms. The Morgan fingerprint density at radius 1 is 0.606 bits per heavy atom. The van der Waals surface area contributed by atoms with Crippen LogP contribution < -0.4 is 29.1 Å². The summed E-state index contributed by atoms with van der Waals surface area (Å²) in [5.41, 5.74) is 7.47. The number of nitrogens with zero attached hydrogens (tertiary/aromatic N) is 14. The number of hydrogen-bond donors (Lipinski definition) is 1. The number of carbonyl (C=O) groups is 2. The first-order valence-corrected chi connectivity index (χ1v) is 32.1. The molecule has 6 saturated heterocycles. The van der Waals surface area contributed by atoms with Gasteiger partial charge in [-0.1, -0.05) is 67.8 Å². The normalized spacial score (nSPS) is 21.9. The second-order valence-electron chi connectivity index (χ2n) is 25.0. The number of ether oxygens (including phenoxy) is 4. The number of nitriles is 2. The van der Waals surface area contributed by atoms with Crippen molar-refractivity contribution in [1.82, 2.24) is 39.5 Å². The molecular formula is C69H88N14O7S4. The summed E-state index contributed by atoms with van der Waals surface area (Å²) in [6.45, 7) is 22.1. The van der Waals surface area contributed by atoms with Gasteiger partial charge in [-0.3, -0.25) is 19.4 Å². The highest BCUT2D eigenvalue weighted by Crippen LogP contribution is 2.39. The highest BCUT2D eigenvalue weighted by atomic mass is 32.1. The number of hydrogen-bond acceptors (Lipinski definition) is 19. The van der Waals surface area contributed by atoms with Gasteiger partial charge in [-0.2, -0.15) is 84.4 Å². The molecule has 4 aromatic carbocycles. The lowest BCUT2D eigenvalue weighted by molar-refractivity contribution is -0.129. The molecule has 10 heterocycles. The fourth-order valence-electron chi connectivity index (χ4n) is 14.9. The summed E-state index contributed by atoms with van der Waals surface area (Å²) >= 11 is 0. The number of phenols is 1. The van der Waals surface area contributed by atoms with Crippen molar-refractivity contribution in [3.63, 3.8) is 0 Å². The minimum atomic E-state index is -0.261. The molecule has 2 unspecified atom stereocenters. The Kier molecular flexibility index (Phi) is 24.2. The van der Waals surface area contributed by atoms with Crippen molar-refractivity contribution >= 4 is 110 Å². The molecule has 0 spiro atoms. The van der Waals surface area contributed by atoms with Gasteiger partial charge in [-0.05, 0) is 86.1 Å². The SMILES string of the molecule is C=CC(=O)N1CCN(c2nc(OCCCN3C[C@@H]4C[C@H]3CO4)nc3c2CCN(c2cc(C)cc4ccccc24)C3)CC1CC#N.C=CC(=O)N1CCN(c2nc(OCCCN3C[C@@H]4C[C@H]3CO4)nc3c2CCN(c2cc(O)cc4ccccc24)C3)CC1CC#N.S.S.S.S. The standard InChI is InChI=1S/C35H41N7O3.C34H39N7O4.4H2S/c1-3-33(43)42-15-14-41(20-26(42)9-11-36)34-30-10-13-40(32-18-24(2)17-25-7-4-5-8-29(25)32)22-31(30)37-35(38-34)44-16-6-12-39-21-28-19-27(39)23-45-28;1-2-32(43)41-14-13-40(19-24(41)8-10-35)33-29-9-12-39(31-18-26(42)16-23-6-3-4-7-28(23)31)21-30(29)36-34(37-33)44-15-5-11-38-20-27-17-25(38)22-45-27;;;;/h3-5,7-8,17-18,26-28H,1,6,9-10,12-16,19-23H2,2H3;2-4,6-7,16,18,24-25,27,42H,1,5,8-9,11-15,17,19-22H2;4*1H2/t26?,27-,28-;24?,25-,27-;;;;/m00..../s1. The number of benzene rings is 4. The first kappa shape index (κ1) is 71.1. The van der Waals surface area contributed by atoms with Gasteiger partial charge in [0, 0.05) is 130 Å². The fraction of sp³-hybridized carbons (Fsp3) is 0.478. The second-order valence-corrected chi connectivity index (χ2v) is 25.0. The number of fused-ring (bicyclic) bond motifs is 8. The monoisotopic (exact) mass is 1350 g/mol. The van der Waals surface area contributed by atoms with E-state index < -0.39 is 0 Å². The van der Waals surface area contributed by atoms with Gasteiger partial charge in [0.25, 0.3) is 0 Å². The van der Waals surface area contributed by atoms with Crippen molar-refractivity contribution in [2.75, 3.05) is 125 Å². The summed E-state index contributed by atoms with van der Waals surface area (Å²) in [6.07, 6.45) is 9.44. The van der Waals surface area contributed by atoms with E-state index in [1.54, 1.807) is 15.9 Å². The van der Waals surface area contributed by atoms with E-state index in [0.29, 0.717) is 108 Å². The predicted molar refractivity (Wildman–Crippen MR) is 385 cm³/mol. The maximum Gasteiger partial charge on any atom is 0.318 e. The Bertz CT molecular complexity index is 3540. The Morgan fingerprint density at radius 2 is 1.06 bits per heavy atom. The lowest BCUT2D eigenvalue weighted by Gasteiger charge is -2.42. The number of aromatic nitrogens is 4. The van der Waals surface area contributed by atoms with E-state index in [2.05, 4.69) is 104 Å². The second kappa shape index (κ2) is 32.0. The number of aryl methyl sites for hydroxylation is 1. The summed E-state index contributed by atoms with van der Waals surface area (Å²) in [4.78, 5) is 62.6. The number of morpholine rings is 2. The van der Waals surface area contributed by atoms with Crippen LogP contribution in [0, 0.1) is 29.6 Å². The predicted octanol–water partition coefficient (Wildman–Crippen LogP) is 7.57. The van der Waals surface area contributed by atoms with Crippen molar-refractivity contribution in [2.45, 2.75) is 108 Å². The average Bonchev–Trinajstić information content (AvgIpc) is 1.16. The van der Waals surface area contributed by atoms with Crippen LogP contribution in [0.15, 0.2) is 98.1 Å². The van der Waals surface area contributed by atoms with E-state index >= 15 is 0 Å². The first-order valence-electron chi connectivity index (χ1n) is 32.1. The molecular weight excluding hydrogens is 1270 g/mol. The summed E-state index contributed by atoms with van der Waals surface area (Å²) in [5.74, 6) is 1.62. The van der Waals surface area contributed by atoms with Crippen molar-refractivity contribution in [2.24, 2.45) is 0 Å².